The molecule has 0 saturated carbocycles. The maximum Gasteiger partial charge on any atom is 0.251 e. The van der Waals surface area contributed by atoms with Gasteiger partial charge in [0.05, 0.1) is 29.3 Å². The lowest BCUT2D eigenvalue weighted by atomic mass is 10.0. The normalized spacial score (nSPS) is 11.4. The number of nitrogens with zero attached hydrogens (tertiary/aromatic N) is 1. The largest absolute Gasteiger partial charge is 0.493 e. The summed E-state index contributed by atoms with van der Waals surface area (Å²) in [5.41, 5.74) is 0.269. The van der Waals surface area contributed by atoms with Crippen LogP contribution in [0.2, 0.25) is 5.02 Å². The number of hydrogen-bond donors (Lipinski definition) is 1. The van der Waals surface area contributed by atoms with Gasteiger partial charge in [0.1, 0.15) is 23.1 Å². The first-order valence-electron chi connectivity index (χ1n) is 11.5. The fourth-order valence-electron chi connectivity index (χ4n) is 4.02. The summed E-state index contributed by atoms with van der Waals surface area (Å²) in [5.74, 6) is -2.63. The molecule has 0 aliphatic carbocycles. The number of pyridine rings is 1. The molecule has 0 saturated heterocycles. The predicted octanol–water partition coefficient (Wildman–Crippen LogP) is 6.71. The molecule has 7 nitrogen and oxygen atoms in total. The smallest absolute Gasteiger partial charge is 0.251 e. The molecule has 0 bridgehead atoms. The Hall–Kier alpha value is -3.96. The zero-order valence-electron chi connectivity index (χ0n) is 20.9. The van der Waals surface area contributed by atoms with E-state index < -0.39 is 33.0 Å². The van der Waals surface area contributed by atoms with Gasteiger partial charge in [0.25, 0.3) is 5.56 Å². The Kier molecular flexibility index (Phi) is 7.94. The molecule has 0 radical (unpaired) electrons. The number of sulfonamides is 1. The van der Waals surface area contributed by atoms with E-state index in [4.69, 9.17) is 21.1 Å². The molecule has 1 heterocycles. The Balaban J connectivity index is 2.02. The molecule has 12 heteroatoms. The third-order valence-corrected chi connectivity index (χ3v) is 6.92. The molecule has 39 heavy (non-hydrogen) atoms. The molecule has 0 amide bonds. The molecule has 0 aliphatic heterocycles. The summed E-state index contributed by atoms with van der Waals surface area (Å²) in [4.78, 5) is 14.8. The van der Waals surface area contributed by atoms with Crippen molar-refractivity contribution in [2.45, 2.75) is 13.8 Å². The number of anilines is 2. The van der Waals surface area contributed by atoms with E-state index in [0.717, 1.165) is 34.8 Å². The number of aromatic nitrogens is 1. The average molecular weight is 579 g/mol. The van der Waals surface area contributed by atoms with Crippen molar-refractivity contribution in [1.82, 2.24) is 4.98 Å². The van der Waals surface area contributed by atoms with Gasteiger partial charge in [-0.1, -0.05) is 11.6 Å². The third-order valence-electron chi connectivity index (χ3n) is 5.53. The summed E-state index contributed by atoms with van der Waals surface area (Å²) >= 11 is 6.25. The lowest BCUT2D eigenvalue weighted by Crippen LogP contribution is -2.25. The number of nitrogens with one attached hydrogen (secondary N) is 1. The van der Waals surface area contributed by atoms with Gasteiger partial charge < -0.3 is 14.5 Å². The van der Waals surface area contributed by atoms with Crippen molar-refractivity contribution in [1.29, 1.82) is 0 Å². The first-order chi connectivity index (χ1) is 18.4. The molecule has 0 fully saturated rings. The number of aromatic amines is 1. The van der Waals surface area contributed by atoms with E-state index in [1.807, 2.05) is 0 Å². The molecule has 1 N–H and O–H groups in total. The minimum absolute atomic E-state index is 0.0270. The summed E-state index contributed by atoms with van der Waals surface area (Å²) in [7, 11) is -4.08. The van der Waals surface area contributed by atoms with Gasteiger partial charge in [0.15, 0.2) is 11.6 Å². The molecule has 0 aliphatic rings. The third kappa shape index (κ3) is 6.04. The first kappa shape index (κ1) is 28.1. The van der Waals surface area contributed by atoms with Gasteiger partial charge in [0, 0.05) is 35.0 Å². The van der Waals surface area contributed by atoms with Crippen LogP contribution in [0.3, 0.4) is 0 Å². The average Bonchev–Trinajstić information content (AvgIpc) is 2.83. The van der Waals surface area contributed by atoms with Crippen molar-refractivity contribution in [2.24, 2.45) is 0 Å². The van der Waals surface area contributed by atoms with Crippen LogP contribution >= 0.6 is 11.6 Å². The van der Waals surface area contributed by atoms with Crippen LogP contribution in [0.5, 0.6) is 17.2 Å². The summed E-state index contributed by atoms with van der Waals surface area (Å²) in [6.07, 6.45) is 0.920. The van der Waals surface area contributed by atoms with E-state index in [2.05, 4.69) is 4.98 Å². The Morgan fingerprint density at radius 3 is 2.26 bits per heavy atom. The second-order valence-corrected chi connectivity index (χ2v) is 10.6. The molecule has 0 atom stereocenters. The maximum absolute atomic E-state index is 14.5. The second-order valence-electron chi connectivity index (χ2n) is 8.41. The number of H-pyrrole nitrogens is 1. The van der Waals surface area contributed by atoms with Gasteiger partial charge in [0.2, 0.25) is 10.0 Å². The lowest BCUT2D eigenvalue weighted by Gasteiger charge is -2.25. The summed E-state index contributed by atoms with van der Waals surface area (Å²) in [6, 6.07) is 11.4. The van der Waals surface area contributed by atoms with Gasteiger partial charge in [-0.05, 0) is 56.3 Å². The van der Waals surface area contributed by atoms with Crippen LogP contribution < -0.4 is 19.3 Å². The van der Waals surface area contributed by atoms with Crippen molar-refractivity contribution < 1.29 is 31.1 Å². The molecule has 3 aromatic carbocycles. The fraction of sp³-hybridized carbons (Fsp3) is 0.148. The molecule has 0 spiro atoms. The molecule has 0 unspecified atom stereocenters. The van der Waals surface area contributed by atoms with Crippen LogP contribution in [0.25, 0.3) is 11.1 Å². The highest BCUT2D eigenvalue weighted by Gasteiger charge is 2.26. The number of benzene rings is 3. The SMILES string of the molecule is CCOc1cc(=O)[nH]c(C)c1-c1cc(N(c2cc(F)ccc2Cl)S(C)(=O)=O)ccc1Oc1ccc(F)cc1F. The molecular formula is C27H22ClF3N2O5S. The number of ether oxygens (including phenoxy) is 2. The van der Waals surface area contributed by atoms with Crippen molar-refractivity contribution >= 4 is 33.0 Å². The topological polar surface area (TPSA) is 88.7 Å². The quantitative estimate of drug-likeness (QED) is 0.251. The number of aryl methyl sites for hydroxylation is 1. The number of hydrogen-bond acceptors (Lipinski definition) is 5. The minimum Gasteiger partial charge on any atom is -0.493 e. The lowest BCUT2D eigenvalue weighted by molar-refractivity contribution is 0.340. The molecule has 204 valence electrons. The van der Waals surface area contributed by atoms with Gasteiger partial charge in [-0.15, -0.1) is 0 Å². The van der Waals surface area contributed by atoms with E-state index in [-0.39, 0.29) is 45.8 Å². The van der Waals surface area contributed by atoms with Gasteiger partial charge in [-0.2, -0.15) is 0 Å². The monoisotopic (exact) mass is 578 g/mol. The summed E-state index contributed by atoms with van der Waals surface area (Å²) < 4.78 is 80.3. The van der Waals surface area contributed by atoms with E-state index in [1.54, 1.807) is 13.8 Å². The number of halogens is 4. The van der Waals surface area contributed by atoms with Crippen molar-refractivity contribution in [3.8, 4) is 28.4 Å². The van der Waals surface area contributed by atoms with Crippen LogP contribution in [-0.2, 0) is 10.0 Å². The second kappa shape index (κ2) is 11.0. The van der Waals surface area contributed by atoms with E-state index in [1.165, 1.54) is 30.3 Å². The Bertz CT molecular complexity index is 1730. The highest BCUT2D eigenvalue weighted by molar-refractivity contribution is 7.92. The standard InChI is InChI=1S/C27H22ClF3N2O5S/c1-4-37-25-14-26(34)32-15(2)27(25)19-13-18(7-10-23(19)38-24-9-6-16(29)11-21(24)31)33(39(3,35)36)22-12-17(30)5-8-20(22)28/h5-14H,4H2,1-3H3,(H,32,34). The van der Waals surface area contributed by atoms with Crippen LogP contribution in [0.1, 0.15) is 12.6 Å². The summed E-state index contributed by atoms with van der Waals surface area (Å²) in [6.45, 7) is 3.48. The van der Waals surface area contributed by atoms with Gasteiger partial charge in [-0.25, -0.2) is 25.9 Å². The molecular weight excluding hydrogens is 557 g/mol. The Labute approximate surface area is 227 Å². The maximum atomic E-state index is 14.5. The molecule has 4 rings (SSSR count). The first-order valence-corrected chi connectivity index (χ1v) is 13.7. The Morgan fingerprint density at radius 1 is 0.923 bits per heavy atom. The zero-order chi connectivity index (χ0) is 28.5. The molecule has 1 aromatic heterocycles. The zero-order valence-corrected chi connectivity index (χ0v) is 22.5. The molecule has 4 aromatic rings. The van der Waals surface area contributed by atoms with E-state index >= 15 is 0 Å². The van der Waals surface area contributed by atoms with Crippen LogP contribution in [0.15, 0.2) is 65.5 Å². The van der Waals surface area contributed by atoms with Crippen LogP contribution in [0.4, 0.5) is 24.5 Å². The van der Waals surface area contributed by atoms with Crippen LogP contribution in [-0.4, -0.2) is 26.3 Å². The van der Waals surface area contributed by atoms with Gasteiger partial charge in [-0.3, -0.25) is 4.79 Å². The highest BCUT2D eigenvalue weighted by atomic mass is 35.5. The number of rotatable bonds is 8. The minimum atomic E-state index is -4.08. The van der Waals surface area contributed by atoms with E-state index in [0.29, 0.717) is 17.3 Å². The highest BCUT2D eigenvalue weighted by Crippen LogP contribution is 2.44. The van der Waals surface area contributed by atoms with Crippen molar-refractivity contribution in [3.63, 3.8) is 0 Å². The van der Waals surface area contributed by atoms with Gasteiger partial charge >= 0.3 is 0 Å². The Morgan fingerprint density at radius 2 is 1.59 bits per heavy atom. The van der Waals surface area contributed by atoms with Crippen molar-refractivity contribution in [2.75, 3.05) is 17.2 Å². The fourth-order valence-corrected chi connectivity index (χ4v) is 5.28. The van der Waals surface area contributed by atoms with Crippen LogP contribution in [0, 0.1) is 24.4 Å². The summed E-state index contributed by atoms with van der Waals surface area (Å²) in [5, 5.41) is -0.0349. The predicted molar refractivity (Wildman–Crippen MR) is 143 cm³/mol. The van der Waals surface area contributed by atoms with Crippen molar-refractivity contribution in [3.05, 3.63) is 99.2 Å². The van der Waals surface area contributed by atoms with E-state index in [9.17, 15) is 26.4 Å².